The molecule has 0 saturated carbocycles. The maximum absolute atomic E-state index is 4.90. The molecule has 1 N–H and O–H groups in total. The van der Waals surface area contributed by atoms with E-state index in [0.717, 1.165) is 68.1 Å². The summed E-state index contributed by atoms with van der Waals surface area (Å²) in [5.41, 5.74) is 11.3. The van der Waals surface area contributed by atoms with Crippen molar-refractivity contribution in [3.8, 4) is 28.2 Å². The Morgan fingerprint density at radius 3 is 2.52 bits per heavy atom. The van der Waals surface area contributed by atoms with Gasteiger partial charge >= 0.3 is 0 Å². The number of pyridine rings is 1. The number of para-hydroxylation sites is 2. The van der Waals surface area contributed by atoms with Crippen molar-refractivity contribution >= 4 is 22.2 Å². The Balaban J connectivity index is 1.29. The van der Waals surface area contributed by atoms with Gasteiger partial charge in [-0.25, -0.2) is 20.1 Å². The molecule has 0 radical (unpaired) electrons. The van der Waals surface area contributed by atoms with Crippen LogP contribution in [0.25, 0.3) is 50.4 Å². The summed E-state index contributed by atoms with van der Waals surface area (Å²) in [6.07, 6.45) is 2.71. The molecule has 9 nitrogen and oxygen atoms in total. The van der Waals surface area contributed by atoms with Crippen LogP contribution in [0.3, 0.4) is 0 Å². The van der Waals surface area contributed by atoms with Gasteiger partial charge in [0.05, 0.1) is 17.6 Å². The van der Waals surface area contributed by atoms with Crippen LogP contribution in [0.4, 0.5) is 0 Å². The number of imidazole rings is 2. The maximum atomic E-state index is 4.90. The highest BCUT2D eigenvalue weighted by Gasteiger charge is 2.16. The average Bonchev–Trinajstić information content (AvgIpc) is 3.73. The van der Waals surface area contributed by atoms with E-state index in [1.54, 1.807) is 0 Å². The van der Waals surface area contributed by atoms with E-state index in [1.807, 2.05) is 31.5 Å². The molecule has 0 aliphatic carbocycles. The molecule has 4 heterocycles. The van der Waals surface area contributed by atoms with E-state index in [-0.39, 0.29) is 0 Å². The molecule has 0 atom stereocenters. The molecule has 40 heavy (non-hydrogen) atoms. The average molecular weight is 526 g/mol. The summed E-state index contributed by atoms with van der Waals surface area (Å²) in [6, 6.07) is 25.2. The third-order valence-electron chi connectivity index (χ3n) is 7.36. The Bertz CT molecular complexity index is 1980. The van der Waals surface area contributed by atoms with Crippen LogP contribution in [-0.4, -0.2) is 44.7 Å². The van der Waals surface area contributed by atoms with Crippen LogP contribution in [0, 0.1) is 13.8 Å². The van der Waals surface area contributed by atoms with E-state index in [4.69, 9.17) is 9.97 Å². The number of benzene rings is 3. The van der Waals surface area contributed by atoms with Gasteiger partial charge in [-0.1, -0.05) is 43.3 Å². The van der Waals surface area contributed by atoms with Crippen LogP contribution >= 0.6 is 0 Å². The van der Waals surface area contributed by atoms with Gasteiger partial charge in [-0.2, -0.15) is 0 Å². The van der Waals surface area contributed by atoms with Crippen molar-refractivity contribution in [3.63, 3.8) is 0 Å². The molecule has 7 rings (SSSR count). The Morgan fingerprint density at radius 1 is 0.875 bits per heavy atom. The van der Waals surface area contributed by atoms with E-state index in [1.165, 1.54) is 5.56 Å². The molecule has 0 amide bonds. The third-order valence-corrected chi connectivity index (χ3v) is 7.36. The number of nitrogens with one attached hydrogen (secondary N) is 1. The minimum absolute atomic E-state index is 0.621. The second-order valence-corrected chi connectivity index (χ2v) is 10.0. The Kier molecular flexibility index (Phi) is 5.70. The summed E-state index contributed by atoms with van der Waals surface area (Å²) in [5, 5.41) is 14.7. The van der Waals surface area contributed by atoms with Gasteiger partial charge in [-0.05, 0) is 82.9 Å². The number of hydrogen-bond donors (Lipinski definition) is 1. The monoisotopic (exact) mass is 525 g/mol. The first-order valence-corrected chi connectivity index (χ1v) is 13.3. The van der Waals surface area contributed by atoms with Crippen molar-refractivity contribution in [1.82, 2.24) is 44.7 Å². The molecule has 0 bridgehead atoms. The van der Waals surface area contributed by atoms with Gasteiger partial charge in [0.15, 0.2) is 11.5 Å². The van der Waals surface area contributed by atoms with E-state index in [2.05, 4.69) is 103 Å². The van der Waals surface area contributed by atoms with E-state index >= 15 is 0 Å². The van der Waals surface area contributed by atoms with Crippen LogP contribution < -0.4 is 0 Å². The lowest BCUT2D eigenvalue weighted by Gasteiger charge is -2.13. The second-order valence-electron chi connectivity index (χ2n) is 10.0. The lowest BCUT2D eigenvalue weighted by Crippen LogP contribution is -2.05. The minimum atomic E-state index is 0.621. The number of aryl methyl sites for hydroxylation is 3. The molecule has 3 aromatic carbocycles. The van der Waals surface area contributed by atoms with E-state index in [0.29, 0.717) is 12.4 Å². The molecule has 196 valence electrons. The van der Waals surface area contributed by atoms with Gasteiger partial charge in [0.25, 0.3) is 0 Å². The third kappa shape index (κ3) is 4.03. The molecule has 0 unspecified atom stereocenters. The van der Waals surface area contributed by atoms with Crippen molar-refractivity contribution in [1.29, 1.82) is 0 Å². The second kappa shape index (κ2) is 9.53. The van der Waals surface area contributed by atoms with E-state index in [9.17, 15) is 0 Å². The zero-order valence-corrected chi connectivity index (χ0v) is 22.5. The number of tetrazole rings is 1. The molecule has 7 aromatic rings. The fraction of sp³-hybridized carbons (Fsp3) is 0.161. The Morgan fingerprint density at radius 2 is 1.73 bits per heavy atom. The predicted octanol–water partition coefficient (Wildman–Crippen LogP) is 5.84. The summed E-state index contributed by atoms with van der Waals surface area (Å²) in [4.78, 5) is 14.3. The van der Waals surface area contributed by atoms with Crippen LogP contribution in [0.5, 0.6) is 0 Å². The first-order valence-electron chi connectivity index (χ1n) is 13.3. The lowest BCUT2D eigenvalue weighted by atomic mass is 9.97. The zero-order chi connectivity index (χ0) is 27.2. The Hall–Kier alpha value is -5.18. The fourth-order valence-electron chi connectivity index (χ4n) is 5.42. The highest BCUT2D eigenvalue weighted by Crippen LogP contribution is 2.33. The van der Waals surface area contributed by atoms with Crippen LogP contribution in [-0.2, 0) is 13.0 Å². The molecule has 0 spiro atoms. The molecule has 4 aromatic heterocycles. The molecule has 0 saturated heterocycles. The number of hydrogen-bond acceptors (Lipinski definition) is 6. The van der Waals surface area contributed by atoms with Gasteiger partial charge < -0.3 is 4.57 Å². The fourth-order valence-corrected chi connectivity index (χ4v) is 5.42. The largest absolute Gasteiger partial charge is 0.308 e. The Labute approximate surface area is 230 Å². The molecule has 0 aliphatic heterocycles. The summed E-state index contributed by atoms with van der Waals surface area (Å²) >= 11 is 0. The van der Waals surface area contributed by atoms with Crippen molar-refractivity contribution in [2.24, 2.45) is 0 Å². The van der Waals surface area contributed by atoms with Crippen LogP contribution in [0.15, 0.2) is 79.1 Å². The smallest absolute Gasteiger partial charge is 0.180 e. The summed E-state index contributed by atoms with van der Waals surface area (Å²) in [5.74, 6) is 1.66. The summed E-state index contributed by atoms with van der Waals surface area (Å²) < 4.78 is 4.34. The van der Waals surface area contributed by atoms with Crippen molar-refractivity contribution in [2.45, 2.75) is 33.7 Å². The highest BCUT2D eigenvalue weighted by atomic mass is 15.5. The maximum Gasteiger partial charge on any atom is 0.180 e. The summed E-state index contributed by atoms with van der Waals surface area (Å²) in [6.45, 7) is 6.98. The van der Waals surface area contributed by atoms with Crippen molar-refractivity contribution < 1.29 is 0 Å². The first-order chi connectivity index (χ1) is 19.6. The van der Waals surface area contributed by atoms with Crippen LogP contribution in [0.2, 0.25) is 0 Å². The number of nitrogens with zero attached hydrogens (tertiary/aromatic N) is 8. The predicted molar refractivity (Wildman–Crippen MR) is 155 cm³/mol. The summed E-state index contributed by atoms with van der Waals surface area (Å²) in [7, 11) is 0. The van der Waals surface area contributed by atoms with Gasteiger partial charge in [0.1, 0.15) is 17.7 Å². The molecular weight excluding hydrogens is 498 g/mol. The molecule has 0 aliphatic rings. The number of aromatic nitrogens is 9. The highest BCUT2D eigenvalue weighted by molar-refractivity contribution is 5.84. The lowest BCUT2D eigenvalue weighted by molar-refractivity contribution is 0.745. The number of aromatic amines is 1. The number of rotatable bonds is 6. The normalized spacial score (nSPS) is 11.6. The van der Waals surface area contributed by atoms with E-state index < -0.39 is 0 Å². The SMILES string of the molecule is CCc1nc2c(C)cc(C)nc2n1Cc1ccc(-c2cc(-n3cnc4ccccc43)ccc2-c2nnn[nH]2)cc1. The molecule has 9 heteroatoms. The number of H-pyrrole nitrogens is 1. The minimum Gasteiger partial charge on any atom is -0.308 e. The standard InChI is InChI=1S/C31H27N9/c1-4-28-34-29-19(2)15-20(3)33-31(29)39(28)17-21-9-11-22(12-10-21)25-16-23(13-14-24(25)30-35-37-38-36-30)40-18-32-26-7-5-6-8-27(26)40/h5-16,18H,4,17H2,1-3H3,(H,35,36,37,38). The van der Waals surface area contributed by atoms with Gasteiger partial charge in [-0.3, -0.25) is 4.57 Å². The zero-order valence-electron chi connectivity index (χ0n) is 22.5. The quantitative estimate of drug-likeness (QED) is 0.292. The topological polar surface area (TPSA) is 103 Å². The molecular formula is C31H27N9. The van der Waals surface area contributed by atoms with Gasteiger partial charge in [0, 0.05) is 23.4 Å². The van der Waals surface area contributed by atoms with Crippen LogP contribution in [0.1, 0.15) is 29.6 Å². The first kappa shape index (κ1) is 23.9. The molecule has 0 fully saturated rings. The van der Waals surface area contributed by atoms with Crippen molar-refractivity contribution in [3.05, 3.63) is 102 Å². The van der Waals surface area contributed by atoms with Crippen molar-refractivity contribution in [2.75, 3.05) is 0 Å². The van der Waals surface area contributed by atoms with Gasteiger partial charge in [-0.15, -0.1) is 5.10 Å². The number of fused-ring (bicyclic) bond motifs is 2. The van der Waals surface area contributed by atoms with Gasteiger partial charge in [0.2, 0.25) is 0 Å².